The molecule has 2 aliphatic heterocycles. The Hall–Kier alpha value is -0.450. The summed E-state index contributed by atoms with van der Waals surface area (Å²) in [6.45, 7) is 7.54. The van der Waals surface area contributed by atoms with Crippen LogP contribution in [0.2, 0.25) is 0 Å². The van der Waals surface area contributed by atoms with Gasteiger partial charge in [-0.25, -0.2) is 0 Å². The average molecular weight is 338 g/mol. The Bertz CT molecular complexity index is 423. The van der Waals surface area contributed by atoms with Crippen LogP contribution in [0.5, 0.6) is 0 Å². The van der Waals surface area contributed by atoms with Crippen LogP contribution >= 0.6 is 15.9 Å². The van der Waals surface area contributed by atoms with E-state index in [1.54, 1.807) is 0 Å². The van der Waals surface area contributed by atoms with E-state index in [1.807, 2.05) is 12.4 Å². The molecule has 0 atom stereocenters. The van der Waals surface area contributed by atoms with Crippen molar-refractivity contribution in [2.24, 2.45) is 5.92 Å². The number of pyridine rings is 1. The van der Waals surface area contributed by atoms with Gasteiger partial charge in [-0.1, -0.05) is 0 Å². The van der Waals surface area contributed by atoms with Crippen LogP contribution in [0.3, 0.4) is 0 Å². The molecule has 3 nitrogen and oxygen atoms in total. The first-order chi connectivity index (χ1) is 9.79. The fraction of sp³-hybridized carbons (Fsp3) is 0.688. The number of halogens is 1. The molecule has 4 heteroatoms. The maximum Gasteiger partial charge on any atom is 0.0410 e. The topological polar surface area (TPSA) is 19.4 Å². The van der Waals surface area contributed by atoms with Crippen LogP contribution in [-0.4, -0.2) is 47.5 Å². The summed E-state index contributed by atoms with van der Waals surface area (Å²) in [5, 5.41) is 0. The minimum absolute atomic E-state index is 0.921. The minimum Gasteiger partial charge on any atom is -0.303 e. The van der Waals surface area contributed by atoms with Gasteiger partial charge in [0.25, 0.3) is 0 Å². The third kappa shape index (κ3) is 4.03. The summed E-state index contributed by atoms with van der Waals surface area (Å²) < 4.78 is 1.08. The van der Waals surface area contributed by atoms with Gasteiger partial charge in [0.05, 0.1) is 0 Å². The third-order valence-electron chi connectivity index (χ3n) is 4.59. The molecular formula is C16H24BrN3. The van der Waals surface area contributed by atoms with Gasteiger partial charge in [0.1, 0.15) is 0 Å². The number of hydrogen-bond donors (Lipinski definition) is 0. The van der Waals surface area contributed by atoms with Crippen LogP contribution in [-0.2, 0) is 6.54 Å². The summed E-state index contributed by atoms with van der Waals surface area (Å²) >= 11 is 3.50. The van der Waals surface area contributed by atoms with E-state index in [2.05, 4.69) is 36.8 Å². The van der Waals surface area contributed by atoms with Crippen molar-refractivity contribution in [2.45, 2.75) is 32.2 Å². The number of piperidine rings is 1. The number of aromatic nitrogens is 1. The second kappa shape index (κ2) is 7.01. The smallest absolute Gasteiger partial charge is 0.0410 e. The predicted octanol–water partition coefficient (Wildman–Crippen LogP) is 3.15. The summed E-state index contributed by atoms with van der Waals surface area (Å²) in [7, 11) is 0. The van der Waals surface area contributed by atoms with Gasteiger partial charge in [-0.15, -0.1) is 0 Å². The fourth-order valence-corrected chi connectivity index (χ4v) is 3.87. The lowest BCUT2D eigenvalue weighted by Crippen LogP contribution is -2.37. The largest absolute Gasteiger partial charge is 0.303 e. The highest BCUT2D eigenvalue weighted by Gasteiger charge is 2.22. The molecule has 0 N–H and O–H groups in total. The van der Waals surface area contributed by atoms with E-state index in [1.165, 1.54) is 64.0 Å². The predicted molar refractivity (Wildman–Crippen MR) is 85.6 cm³/mol. The van der Waals surface area contributed by atoms with E-state index in [-0.39, 0.29) is 0 Å². The van der Waals surface area contributed by atoms with Crippen molar-refractivity contribution in [3.05, 3.63) is 28.5 Å². The molecule has 0 aromatic carbocycles. The average Bonchev–Trinajstić information content (AvgIpc) is 2.94. The summed E-state index contributed by atoms with van der Waals surface area (Å²) in [4.78, 5) is 9.49. The van der Waals surface area contributed by atoms with Gasteiger partial charge in [0.15, 0.2) is 0 Å². The van der Waals surface area contributed by atoms with Gasteiger partial charge >= 0.3 is 0 Å². The van der Waals surface area contributed by atoms with Gasteiger partial charge in [-0.2, -0.15) is 0 Å². The molecule has 0 bridgehead atoms. The first-order valence-electron chi connectivity index (χ1n) is 7.84. The van der Waals surface area contributed by atoms with Crippen molar-refractivity contribution in [1.29, 1.82) is 0 Å². The molecule has 0 saturated carbocycles. The van der Waals surface area contributed by atoms with Crippen LogP contribution < -0.4 is 0 Å². The van der Waals surface area contributed by atoms with Gasteiger partial charge in [0.2, 0.25) is 0 Å². The van der Waals surface area contributed by atoms with Crippen LogP contribution in [0.1, 0.15) is 31.2 Å². The van der Waals surface area contributed by atoms with Crippen LogP contribution in [0.4, 0.5) is 0 Å². The highest BCUT2D eigenvalue weighted by atomic mass is 79.9. The van der Waals surface area contributed by atoms with Gasteiger partial charge < -0.3 is 4.90 Å². The Morgan fingerprint density at radius 2 is 1.80 bits per heavy atom. The molecule has 1 aromatic heterocycles. The van der Waals surface area contributed by atoms with E-state index in [0.29, 0.717) is 0 Å². The van der Waals surface area contributed by atoms with Crippen molar-refractivity contribution in [2.75, 3.05) is 32.7 Å². The summed E-state index contributed by atoms with van der Waals surface area (Å²) in [5.41, 5.74) is 1.32. The summed E-state index contributed by atoms with van der Waals surface area (Å²) in [5.74, 6) is 0.921. The molecule has 0 radical (unpaired) electrons. The highest BCUT2D eigenvalue weighted by molar-refractivity contribution is 9.10. The van der Waals surface area contributed by atoms with Crippen LogP contribution in [0.15, 0.2) is 22.9 Å². The van der Waals surface area contributed by atoms with E-state index in [4.69, 9.17) is 0 Å². The molecule has 3 heterocycles. The fourth-order valence-electron chi connectivity index (χ4n) is 3.46. The lowest BCUT2D eigenvalue weighted by molar-refractivity contribution is 0.149. The van der Waals surface area contributed by atoms with Gasteiger partial charge in [0, 0.05) is 30.0 Å². The number of hydrogen-bond acceptors (Lipinski definition) is 3. The molecule has 0 aliphatic carbocycles. The Morgan fingerprint density at radius 1 is 1.05 bits per heavy atom. The van der Waals surface area contributed by atoms with E-state index in [9.17, 15) is 0 Å². The normalized spacial score (nSPS) is 22.4. The molecular weight excluding hydrogens is 314 g/mol. The van der Waals surface area contributed by atoms with Crippen molar-refractivity contribution < 1.29 is 0 Å². The van der Waals surface area contributed by atoms with E-state index in [0.717, 1.165) is 16.9 Å². The monoisotopic (exact) mass is 337 g/mol. The number of rotatable bonds is 4. The molecule has 3 rings (SSSR count). The van der Waals surface area contributed by atoms with Crippen LogP contribution in [0.25, 0.3) is 0 Å². The maximum absolute atomic E-state index is 4.25. The molecule has 2 saturated heterocycles. The first kappa shape index (κ1) is 14.5. The van der Waals surface area contributed by atoms with Crippen molar-refractivity contribution in [1.82, 2.24) is 14.8 Å². The second-order valence-electron chi connectivity index (χ2n) is 6.24. The van der Waals surface area contributed by atoms with Crippen LogP contribution in [0, 0.1) is 5.92 Å². The molecule has 20 heavy (non-hydrogen) atoms. The summed E-state index contributed by atoms with van der Waals surface area (Å²) in [6.07, 6.45) is 9.38. The van der Waals surface area contributed by atoms with E-state index >= 15 is 0 Å². The highest BCUT2D eigenvalue weighted by Crippen LogP contribution is 2.22. The van der Waals surface area contributed by atoms with Crippen molar-refractivity contribution in [3.63, 3.8) is 0 Å². The Kier molecular flexibility index (Phi) is 5.08. The first-order valence-corrected chi connectivity index (χ1v) is 8.63. The maximum atomic E-state index is 4.25. The molecule has 1 aromatic rings. The third-order valence-corrected chi connectivity index (χ3v) is 5.02. The lowest BCUT2D eigenvalue weighted by atomic mass is 9.96. The molecule has 0 amide bonds. The zero-order valence-electron chi connectivity index (χ0n) is 12.1. The quantitative estimate of drug-likeness (QED) is 0.841. The Morgan fingerprint density at radius 3 is 2.50 bits per heavy atom. The second-order valence-corrected chi connectivity index (χ2v) is 7.15. The molecule has 2 fully saturated rings. The van der Waals surface area contributed by atoms with Gasteiger partial charge in [-0.3, -0.25) is 9.88 Å². The van der Waals surface area contributed by atoms with Crippen molar-refractivity contribution in [3.8, 4) is 0 Å². The number of nitrogens with zero attached hydrogens (tertiary/aromatic N) is 3. The SMILES string of the molecule is Brc1cncc(CN2CCC(CN3CCCC3)CC2)c1. The van der Waals surface area contributed by atoms with E-state index < -0.39 is 0 Å². The summed E-state index contributed by atoms with van der Waals surface area (Å²) in [6, 6.07) is 2.18. The minimum atomic E-state index is 0.921. The Balaban J connectivity index is 1.43. The molecule has 0 unspecified atom stereocenters. The Labute approximate surface area is 130 Å². The zero-order chi connectivity index (χ0) is 13.8. The molecule has 2 aliphatic rings. The van der Waals surface area contributed by atoms with Gasteiger partial charge in [-0.05, 0) is 85.3 Å². The lowest BCUT2D eigenvalue weighted by Gasteiger charge is -2.33. The standard InChI is InChI=1S/C16H24BrN3/c17-16-9-15(10-18-11-16)13-20-7-3-14(4-8-20)12-19-5-1-2-6-19/h9-11,14H,1-8,12-13H2. The zero-order valence-corrected chi connectivity index (χ0v) is 13.7. The molecule has 0 spiro atoms. The molecule has 110 valence electrons. The van der Waals surface area contributed by atoms with Crippen molar-refractivity contribution >= 4 is 15.9 Å². The number of likely N-dealkylation sites (tertiary alicyclic amines) is 2.